The Morgan fingerprint density at radius 2 is 1.97 bits per heavy atom. The molecule has 0 aliphatic carbocycles. The SMILES string of the molecule is CCCCCCCN1CC[C@@H](C[C@H](O)Cc2ccnc3ccc(OC)cc23)[C@@H](CC)C1. The van der Waals surface area contributed by atoms with E-state index in [1.165, 1.54) is 64.6 Å². The molecular formula is C27H42N2O2. The fraction of sp³-hybridized carbons (Fsp3) is 0.667. The molecule has 3 rings (SSSR count). The molecule has 4 heteroatoms. The van der Waals surface area contributed by atoms with E-state index in [2.05, 4.69) is 23.7 Å². The molecule has 172 valence electrons. The lowest BCUT2D eigenvalue weighted by atomic mass is 9.79. The summed E-state index contributed by atoms with van der Waals surface area (Å²) in [5.74, 6) is 2.16. The maximum absolute atomic E-state index is 11.0. The number of unbranched alkanes of at least 4 members (excludes halogenated alkanes) is 4. The Kier molecular flexibility index (Phi) is 9.60. The van der Waals surface area contributed by atoms with Gasteiger partial charge >= 0.3 is 0 Å². The van der Waals surface area contributed by atoms with Crippen molar-refractivity contribution in [3.63, 3.8) is 0 Å². The van der Waals surface area contributed by atoms with E-state index in [0.717, 1.165) is 28.6 Å². The number of aliphatic hydroxyl groups is 1. The molecule has 2 aromatic rings. The fourth-order valence-electron chi connectivity index (χ4n) is 5.24. The number of aromatic nitrogens is 1. The normalized spacial score (nSPS) is 20.8. The van der Waals surface area contributed by atoms with Gasteiger partial charge in [0.2, 0.25) is 0 Å². The third-order valence-electron chi connectivity index (χ3n) is 7.15. The average Bonchev–Trinajstić information content (AvgIpc) is 2.79. The van der Waals surface area contributed by atoms with Crippen LogP contribution in [0.5, 0.6) is 5.75 Å². The van der Waals surface area contributed by atoms with Crippen molar-refractivity contribution < 1.29 is 9.84 Å². The number of nitrogens with zero attached hydrogens (tertiary/aromatic N) is 2. The predicted molar refractivity (Wildman–Crippen MR) is 130 cm³/mol. The molecule has 31 heavy (non-hydrogen) atoms. The second-order valence-corrected chi connectivity index (χ2v) is 9.38. The molecule has 0 saturated carbocycles. The van der Waals surface area contributed by atoms with Gasteiger partial charge in [-0.05, 0) is 80.4 Å². The van der Waals surface area contributed by atoms with E-state index in [9.17, 15) is 5.11 Å². The van der Waals surface area contributed by atoms with Crippen molar-refractivity contribution in [1.82, 2.24) is 9.88 Å². The molecule has 1 saturated heterocycles. The van der Waals surface area contributed by atoms with E-state index in [1.54, 1.807) is 7.11 Å². The quantitative estimate of drug-likeness (QED) is 0.432. The van der Waals surface area contributed by atoms with Gasteiger partial charge in [0.15, 0.2) is 0 Å². The van der Waals surface area contributed by atoms with Gasteiger partial charge in [-0.25, -0.2) is 0 Å². The smallest absolute Gasteiger partial charge is 0.119 e. The number of rotatable bonds is 12. The highest BCUT2D eigenvalue weighted by Gasteiger charge is 2.29. The fourth-order valence-corrected chi connectivity index (χ4v) is 5.24. The maximum Gasteiger partial charge on any atom is 0.119 e. The maximum atomic E-state index is 11.0. The zero-order valence-corrected chi connectivity index (χ0v) is 19.9. The second-order valence-electron chi connectivity index (χ2n) is 9.38. The molecule has 0 radical (unpaired) electrons. The number of ether oxygens (including phenoxy) is 1. The highest BCUT2D eigenvalue weighted by Crippen LogP contribution is 2.32. The van der Waals surface area contributed by atoms with E-state index < -0.39 is 0 Å². The van der Waals surface area contributed by atoms with Gasteiger partial charge in [0.1, 0.15) is 5.75 Å². The number of likely N-dealkylation sites (tertiary alicyclic amines) is 1. The van der Waals surface area contributed by atoms with Crippen LogP contribution in [-0.4, -0.2) is 47.8 Å². The lowest BCUT2D eigenvalue weighted by Gasteiger charge is -2.39. The summed E-state index contributed by atoms with van der Waals surface area (Å²) in [5, 5.41) is 12.1. The van der Waals surface area contributed by atoms with Crippen LogP contribution in [-0.2, 0) is 6.42 Å². The van der Waals surface area contributed by atoms with Gasteiger partial charge in [0.05, 0.1) is 18.7 Å². The van der Waals surface area contributed by atoms with E-state index in [0.29, 0.717) is 18.3 Å². The van der Waals surface area contributed by atoms with E-state index >= 15 is 0 Å². The zero-order chi connectivity index (χ0) is 22.1. The molecule has 3 atom stereocenters. The molecule has 0 unspecified atom stereocenters. The van der Waals surface area contributed by atoms with Crippen molar-refractivity contribution in [3.05, 3.63) is 36.0 Å². The van der Waals surface area contributed by atoms with Crippen LogP contribution in [0.15, 0.2) is 30.5 Å². The van der Waals surface area contributed by atoms with Crippen LogP contribution in [0.25, 0.3) is 10.9 Å². The first-order valence-electron chi connectivity index (χ1n) is 12.5. The molecule has 1 N–H and O–H groups in total. The van der Waals surface area contributed by atoms with E-state index in [-0.39, 0.29) is 6.10 Å². The van der Waals surface area contributed by atoms with Gasteiger partial charge in [-0.3, -0.25) is 4.98 Å². The average molecular weight is 427 g/mol. The summed E-state index contributed by atoms with van der Waals surface area (Å²) in [7, 11) is 1.69. The number of piperidine rings is 1. The molecule has 1 aromatic heterocycles. The molecule has 1 aliphatic heterocycles. The Morgan fingerprint density at radius 1 is 1.13 bits per heavy atom. The Labute approximate surface area is 189 Å². The Hall–Kier alpha value is -1.65. The molecule has 1 fully saturated rings. The van der Waals surface area contributed by atoms with Crippen molar-refractivity contribution >= 4 is 10.9 Å². The van der Waals surface area contributed by atoms with Crippen LogP contribution in [0.3, 0.4) is 0 Å². The summed E-state index contributed by atoms with van der Waals surface area (Å²) >= 11 is 0. The molecule has 0 amide bonds. The Morgan fingerprint density at radius 3 is 2.74 bits per heavy atom. The third-order valence-corrected chi connectivity index (χ3v) is 7.15. The van der Waals surface area contributed by atoms with Crippen molar-refractivity contribution in [1.29, 1.82) is 0 Å². The molecule has 0 spiro atoms. The lowest BCUT2D eigenvalue weighted by molar-refractivity contribution is 0.0658. The number of aliphatic hydroxyl groups excluding tert-OH is 1. The lowest BCUT2D eigenvalue weighted by Crippen LogP contribution is -2.41. The molecule has 1 aliphatic rings. The van der Waals surface area contributed by atoms with Gasteiger partial charge in [0.25, 0.3) is 0 Å². The topological polar surface area (TPSA) is 45.6 Å². The summed E-state index contributed by atoms with van der Waals surface area (Å²) in [5.41, 5.74) is 2.12. The first kappa shape index (κ1) is 24.0. The van der Waals surface area contributed by atoms with E-state index in [1.807, 2.05) is 30.5 Å². The summed E-state index contributed by atoms with van der Waals surface area (Å²) in [4.78, 5) is 7.14. The van der Waals surface area contributed by atoms with Crippen LogP contribution < -0.4 is 4.74 Å². The van der Waals surface area contributed by atoms with Crippen molar-refractivity contribution in [3.8, 4) is 5.75 Å². The molecule has 0 bridgehead atoms. The molecule has 1 aromatic carbocycles. The monoisotopic (exact) mass is 426 g/mol. The standard InChI is InChI=1S/C27H42N2O2/c1-4-6-7-8-9-15-29-16-13-22(21(5-2)20-29)17-24(30)18-23-12-14-28-27-11-10-25(31-3)19-26(23)27/h10-12,14,19,21-22,24,30H,4-9,13,15-18,20H2,1-3H3/t21-,22-,24-/m0/s1. The van der Waals surface area contributed by atoms with Gasteiger partial charge < -0.3 is 14.7 Å². The van der Waals surface area contributed by atoms with Gasteiger partial charge in [0, 0.05) is 18.1 Å². The minimum Gasteiger partial charge on any atom is -0.497 e. The van der Waals surface area contributed by atoms with E-state index in [4.69, 9.17) is 4.74 Å². The summed E-state index contributed by atoms with van der Waals surface area (Å²) in [6, 6.07) is 8.02. The van der Waals surface area contributed by atoms with Crippen LogP contribution in [0.2, 0.25) is 0 Å². The first-order valence-corrected chi connectivity index (χ1v) is 12.5. The number of pyridine rings is 1. The molecule has 4 nitrogen and oxygen atoms in total. The predicted octanol–water partition coefficient (Wildman–Crippen LogP) is 5.86. The van der Waals surface area contributed by atoms with Crippen molar-refractivity contribution in [2.24, 2.45) is 11.8 Å². The first-order chi connectivity index (χ1) is 15.1. The third kappa shape index (κ3) is 6.92. The van der Waals surface area contributed by atoms with Gasteiger partial charge in [-0.1, -0.05) is 46.0 Å². The molecule has 2 heterocycles. The van der Waals surface area contributed by atoms with Crippen molar-refractivity contribution in [2.75, 3.05) is 26.7 Å². The molecular weight excluding hydrogens is 384 g/mol. The number of benzene rings is 1. The highest BCUT2D eigenvalue weighted by atomic mass is 16.5. The van der Waals surface area contributed by atoms with Gasteiger partial charge in [-0.2, -0.15) is 0 Å². The van der Waals surface area contributed by atoms with Crippen LogP contribution in [0.4, 0.5) is 0 Å². The number of methoxy groups -OCH3 is 1. The zero-order valence-electron chi connectivity index (χ0n) is 19.9. The summed E-state index contributed by atoms with van der Waals surface area (Å²) < 4.78 is 5.39. The Bertz CT molecular complexity index is 794. The van der Waals surface area contributed by atoms with Crippen LogP contribution >= 0.6 is 0 Å². The van der Waals surface area contributed by atoms with Crippen LogP contribution in [0.1, 0.15) is 70.8 Å². The summed E-state index contributed by atoms with van der Waals surface area (Å²) in [6.07, 6.45) is 12.3. The highest BCUT2D eigenvalue weighted by molar-refractivity contribution is 5.83. The number of fused-ring (bicyclic) bond motifs is 1. The summed E-state index contributed by atoms with van der Waals surface area (Å²) in [6.45, 7) is 8.24. The number of hydrogen-bond acceptors (Lipinski definition) is 4. The van der Waals surface area contributed by atoms with Crippen LogP contribution in [0, 0.1) is 11.8 Å². The minimum atomic E-state index is -0.309. The largest absolute Gasteiger partial charge is 0.497 e. The van der Waals surface area contributed by atoms with Crippen molar-refractivity contribution in [2.45, 2.75) is 77.7 Å². The minimum absolute atomic E-state index is 0.309. The van der Waals surface area contributed by atoms with Gasteiger partial charge in [-0.15, -0.1) is 0 Å². The number of hydrogen-bond donors (Lipinski definition) is 1. The Balaban J connectivity index is 1.53. The second kappa shape index (κ2) is 12.4.